The average Bonchev–Trinajstić information content (AvgIpc) is 3.41. The molecule has 2 aromatic carbocycles. The number of para-hydroxylation sites is 1. The molecule has 1 aromatic heterocycles. The van der Waals surface area contributed by atoms with Gasteiger partial charge in [-0.1, -0.05) is 24.3 Å². The summed E-state index contributed by atoms with van der Waals surface area (Å²) < 4.78 is 34.1. The van der Waals surface area contributed by atoms with Gasteiger partial charge in [0.1, 0.15) is 5.01 Å². The maximum atomic E-state index is 13.0. The van der Waals surface area contributed by atoms with Crippen LogP contribution in [0.15, 0.2) is 53.4 Å². The van der Waals surface area contributed by atoms with Gasteiger partial charge in [0.25, 0.3) is 0 Å². The highest BCUT2D eigenvalue weighted by molar-refractivity contribution is 7.89. The Hall–Kier alpha value is -1.84. The lowest BCUT2D eigenvalue weighted by molar-refractivity contribution is 0.0730. The highest BCUT2D eigenvalue weighted by Gasteiger charge is 2.30. The van der Waals surface area contributed by atoms with E-state index in [1.54, 1.807) is 17.4 Å². The van der Waals surface area contributed by atoms with E-state index in [0.29, 0.717) is 37.2 Å². The van der Waals surface area contributed by atoms with Crippen LogP contribution in [0.3, 0.4) is 0 Å². The van der Waals surface area contributed by atoms with Gasteiger partial charge in [0.05, 0.1) is 34.4 Å². The fourth-order valence-electron chi connectivity index (χ4n) is 4.30. The number of fused-ring (bicyclic) bond motifs is 1. The quantitative estimate of drug-likeness (QED) is 0.602. The molecular formula is C22H25N3O3S2. The van der Waals surface area contributed by atoms with E-state index in [0.717, 1.165) is 42.0 Å². The molecule has 0 saturated carbocycles. The predicted molar refractivity (Wildman–Crippen MR) is 118 cm³/mol. The molecule has 0 aliphatic carbocycles. The molecule has 0 amide bonds. The minimum atomic E-state index is -3.48. The second kappa shape index (κ2) is 8.36. The Bertz CT molecular complexity index is 1110. The summed E-state index contributed by atoms with van der Waals surface area (Å²) in [5.74, 6) is 0. The van der Waals surface area contributed by atoms with Gasteiger partial charge < -0.3 is 4.74 Å². The van der Waals surface area contributed by atoms with Crippen LogP contribution in [-0.2, 0) is 21.3 Å². The van der Waals surface area contributed by atoms with Gasteiger partial charge >= 0.3 is 0 Å². The first-order chi connectivity index (χ1) is 14.6. The Morgan fingerprint density at radius 3 is 2.73 bits per heavy atom. The van der Waals surface area contributed by atoms with Crippen LogP contribution in [0.5, 0.6) is 0 Å². The lowest BCUT2D eigenvalue weighted by Gasteiger charge is -2.26. The van der Waals surface area contributed by atoms with Crippen LogP contribution < -0.4 is 0 Å². The van der Waals surface area contributed by atoms with Gasteiger partial charge in [-0.2, -0.15) is 4.31 Å². The van der Waals surface area contributed by atoms with Gasteiger partial charge in [0.2, 0.25) is 10.0 Å². The van der Waals surface area contributed by atoms with Crippen LogP contribution >= 0.6 is 11.3 Å². The minimum absolute atomic E-state index is 0.293. The molecule has 2 fully saturated rings. The summed E-state index contributed by atoms with van der Waals surface area (Å²) in [6.07, 6.45) is 2.22. The maximum Gasteiger partial charge on any atom is 0.243 e. The number of hydrogen-bond donors (Lipinski definition) is 0. The second-order valence-corrected chi connectivity index (χ2v) is 10.8. The average molecular weight is 444 g/mol. The summed E-state index contributed by atoms with van der Waals surface area (Å²) in [4.78, 5) is 7.67. The Labute approximate surface area is 181 Å². The van der Waals surface area contributed by atoms with E-state index in [9.17, 15) is 8.42 Å². The maximum absolute atomic E-state index is 13.0. The molecule has 6 nitrogen and oxygen atoms in total. The number of aromatic nitrogens is 1. The van der Waals surface area contributed by atoms with Gasteiger partial charge in [-0.3, -0.25) is 4.90 Å². The molecule has 3 heterocycles. The molecule has 0 spiro atoms. The standard InChI is InChI=1S/C22H25N3O3S2/c26-30(27,25-11-13-28-14-12-25)18-6-3-5-17(15-18)16-24-10-4-8-20(24)22-23-19-7-1-2-9-21(19)29-22/h1-3,5-7,9,15,20H,4,8,10-14,16H2/t20-/m1/s1. The molecule has 2 saturated heterocycles. The van der Waals surface area contributed by atoms with Gasteiger partial charge in [-0.15, -0.1) is 11.3 Å². The first-order valence-corrected chi connectivity index (χ1v) is 12.6. The van der Waals surface area contributed by atoms with Crippen LogP contribution in [-0.4, -0.2) is 55.5 Å². The largest absolute Gasteiger partial charge is 0.379 e. The van der Waals surface area contributed by atoms with Crippen molar-refractivity contribution in [3.8, 4) is 0 Å². The van der Waals surface area contributed by atoms with E-state index in [1.165, 1.54) is 9.01 Å². The molecule has 30 heavy (non-hydrogen) atoms. The molecule has 2 aliphatic heterocycles. The van der Waals surface area contributed by atoms with Gasteiger partial charge in [-0.05, 0) is 49.2 Å². The third-order valence-electron chi connectivity index (χ3n) is 5.85. The van der Waals surface area contributed by atoms with Crippen molar-refractivity contribution >= 4 is 31.6 Å². The highest BCUT2D eigenvalue weighted by atomic mass is 32.2. The summed E-state index contributed by atoms with van der Waals surface area (Å²) in [6.45, 7) is 3.47. The summed E-state index contributed by atoms with van der Waals surface area (Å²) in [7, 11) is -3.48. The summed E-state index contributed by atoms with van der Waals surface area (Å²) in [6, 6.07) is 16.0. The first-order valence-electron chi connectivity index (χ1n) is 10.4. The number of hydrogen-bond acceptors (Lipinski definition) is 6. The third kappa shape index (κ3) is 3.90. The number of benzene rings is 2. The number of rotatable bonds is 5. The third-order valence-corrected chi connectivity index (χ3v) is 8.88. The predicted octanol–water partition coefficient (Wildman–Crippen LogP) is 3.65. The van der Waals surface area contributed by atoms with Crippen molar-refractivity contribution in [3.63, 3.8) is 0 Å². The number of ether oxygens (including phenoxy) is 1. The van der Waals surface area contributed by atoms with E-state index >= 15 is 0 Å². The van der Waals surface area contributed by atoms with Crippen molar-refractivity contribution < 1.29 is 13.2 Å². The normalized spacial score (nSPS) is 21.4. The van der Waals surface area contributed by atoms with E-state index < -0.39 is 10.0 Å². The number of sulfonamides is 1. The van der Waals surface area contributed by atoms with Crippen LogP contribution in [0.25, 0.3) is 10.2 Å². The Kier molecular flexibility index (Phi) is 5.59. The van der Waals surface area contributed by atoms with E-state index in [2.05, 4.69) is 23.1 Å². The monoisotopic (exact) mass is 443 g/mol. The smallest absolute Gasteiger partial charge is 0.243 e. The lowest BCUT2D eigenvalue weighted by Crippen LogP contribution is -2.40. The molecule has 158 valence electrons. The number of thiazole rings is 1. The Morgan fingerprint density at radius 2 is 1.90 bits per heavy atom. The minimum Gasteiger partial charge on any atom is -0.379 e. The molecule has 0 N–H and O–H groups in total. The van der Waals surface area contributed by atoms with Crippen molar-refractivity contribution in [1.29, 1.82) is 0 Å². The van der Waals surface area contributed by atoms with Crippen LogP contribution in [0.1, 0.15) is 29.5 Å². The molecule has 5 rings (SSSR count). The topological polar surface area (TPSA) is 62.7 Å². The van der Waals surface area contributed by atoms with E-state index in [-0.39, 0.29) is 0 Å². The van der Waals surface area contributed by atoms with E-state index in [1.807, 2.05) is 24.3 Å². The summed E-state index contributed by atoms with van der Waals surface area (Å²) >= 11 is 1.77. The molecule has 0 radical (unpaired) electrons. The molecule has 1 atom stereocenters. The van der Waals surface area contributed by atoms with Gasteiger partial charge in [-0.25, -0.2) is 13.4 Å². The van der Waals surface area contributed by atoms with Crippen LogP contribution in [0.2, 0.25) is 0 Å². The first kappa shape index (κ1) is 20.1. The van der Waals surface area contributed by atoms with Crippen molar-refractivity contribution in [1.82, 2.24) is 14.2 Å². The zero-order chi connectivity index (χ0) is 20.6. The van der Waals surface area contributed by atoms with Gasteiger partial charge in [0.15, 0.2) is 0 Å². The zero-order valence-electron chi connectivity index (χ0n) is 16.7. The van der Waals surface area contributed by atoms with Crippen molar-refractivity contribution in [2.75, 3.05) is 32.8 Å². The molecule has 0 unspecified atom stereocenters. The zero-order valence-corrected chi connectivity index (χ0v) is 18.4. The molecule has 0 bridgehead atoms. The van der Waals surface area contributed by atoms with Crippen LogP contribution in [0, 0.1) is 0 Å². The molecular weight excluding hydrogens is 418 g/mol. The highest BCUT2D eigenvalue weighted by Crippen LogP contribution is 2.37. The van der Waals surface area contributed by atoms with E-state index in [4.69, 9.17) is 9.72 Å². The number of likely N-dealkylation sites (tertiary alicyclic amines) is 1. The molecule has 2 aliphatic rings. The van der Waals surface area contributed by atoms with Gasteiger partial charge in [0, 0.05) is 19.6 Å². The second-order valence-electron chi connectivity index (χ2n) is 7.81. The molecule has 3 aromatic rings. The number of morpholine rings is 1. The van der Waals surface area contributed by atoms with Crippen molar-refractivity contribution in [2.24, 2.45) is 0 Å². The Balaban J connectivity index is 1.37. The fourth-order valence-corrected chi connectivity index (χ4v) is 6.92. The molecule has 8 heteroatoms. The van der Waals surface area contributed by atoms with Crippen molar-refractivity contribution in [2.45, 2.75) is 30.3 Å². The fraction of sp³-hybridized carbons (Fsp3) is 0.409. The Morgan fingerprint density at radius 1 is 1.07 bits per heavy atom. The lowest BCUT2D eigenvalue weighted by atomic mass is 10.2. The van der Waals surface area contributed by atoms with Crippen molar-refractivity contribution in [3.05, 3.63) is 59.1 Å². The summed E-state index contributed by atoms with van der Waals surface area (Å²) in [5, 5.41) is 1.16. The SMILES string of the molecule is O=S(=O)(c1cccc(CN2CCC[C@@H]2c2nc3ccccc3s2)c1)N1CCOCC1. The van der Waals surface area contributed by atoms with Crippen LogP contribution in [0.4, 0.5) is 0 Å². The number of nitrogens with zero attached hydrogens (tertiary/aromatic N) is 3. The summed E-state index contributed by atoms with van der Waals surface area (Å²) in [5.41, 5.74) is 2.08.